The van der Waals surface area contributed by atoms with Crippen LogP contribution in [0.3, 0.4) is 0 Å². The summed E-state index contributed by atoms with van der Waals surface area (Å²) in [7, 11) is 0. The Morgan fingerprint density at radius 1 is 1.17 bits per heavy atom. The maximum atomic E-state index is 12.5. The summed E-state index contributed by atoms with van der Waals surface area (Å²) in [4.78, 5) is 19.9. The number of rotatable bonds is 4. The molecular formula is C20H16N6O2S. The molecule has 0 saturated carbocycles. The maximum Gasteiger partial charge on any atom is 0.294 e. The molecule has 0 aliphatic rings. The first-order valence-corrected chi connectivity index (χ1v) is 9.98. The van der Waals surface area contributed by atoms with E-state index < -0.39 is 0 Å². The molecule has 1 N–H and O–H groups in total. The van der Waals surface area contributed by atoms with Gasteiger partial charge in [0.05, 0.1) is 11.4 Å². The van der Waals surface area contributed by atoms with E-state index in [1.54, 1.807) is 4.68 Å². The fraction of sp³-hybridized carbons (Fsp3) is 0.150. The molecule has 0 bridgehead atoms. The van der Waals surface area contributed by atoms with Crippen LogP contribution in [-0.2, 0) is 5.75 Å². The molecule has 3 heterocycles. The largest absolute Gasteiger partial charge is 0.449 e. The minimum Gasteiger partial charge on any atom is -0.449 e. The van der Waals surface area contributed by atoms with Gasteiger partial charge in [0.25, 0.3) is 5.56 Å². The number of tetrazole rings is 1. The van der Waals surface area contributed by atoms with Crippen LogP contribution < -0.4 is 5.56 Å². The monoisotopic (exact) mass is 404 g/mol. The number of aromatic amines is 1. The lowest BCUT2D eigenvalue weighted by atomic mass is 10.1. The van der Waals surface area contributed by atoms with Gasteiger partial charge in [0.15, 0.2) is 0 Å². The zero-order chi connectivity index (χ0) is 20.0. The molecule has 0 spiro atoms. The summed E-state index contributed by atoms with van der Waals surface area (Å²) in [5.41, 5.74) is 4.32. The van der Waals surface area contributed by atoms with Gasteiger partial charge in [-0.15, -0.1) is 5.10 Å². The third-order valence-corrected chi connectivity index (χ3v) is 5.57. The molecule has 29 heavy (non-hydrogen) atoms. The molecule has 5 rings (SSSR count). The van der Waals surface area contributed by atoms with Crippen molar-refractivity contribution >= 4 is 33.8 Å². The Balaban J connectivity index is 1.48. The minimum absolute atomic E-state index is 0.236. The number of hydrogen-bond acceptors (Lipinski definition) is 7. The van der Waals surface area contributed by atoms with E-state index in [1.165, 1.54) is 17.3 Å². The number of para-hydroxylation sites is 1. The third-order valence-electron chi connectivity index (χ3n) is 4.64. The van der Waals surface area contributed by atoms with Crippen LogP contribution in [0.2, 0.25) is 0 Å². The molecule has 144 valence electrons. The summed E-state index contributed by atoms with van der Waals surface area (Å²) < 4.78 is 7.34. The molecule has 3 aromatic heterocycles. The molecule has 2 aromatic carbocycles. The number of thioether (sulfide) groups is 1. The first kappa shape index (κ1) is 17.6. The Morgan fingerprint density at radius 3 is 2.90 bits per heavy atom. The highest BCUT2D eigenvalue weighted by Gasteiger charge is 2.15. The molecule has 0 radical (unpaired) electrons. The number of aromatic nitrogens is 6. The zero-order valence-corrected chi connectivity index (χ0v) is 16.5. The average Bonchev–Trinajstić information content (AvgIpc) is 3.31. The predicted octanol–water partition coefficient (Wildman–Crippen LogP) is 3.55. The van der Waals surface area contributed by atoms with Gasteiger partial charge in [0.1, 0.15) is 16.9 Å². The molecule has 0 aliphatic heterocycles. The summed E-state index contributed by atoms with van der Waals surface area (Å²) in [6, 6.07) is 13.6. The number of nitrogens with zero attached hydrogens (tertiary/aromatic N) is 5. The van der Waals surface area contributed by atoms with Gasteiger partial charge in [-0.25, -0.2) is 4.98 Å². The predicted molar refractivity (Wildman–Crippen MR) is 110 cm³/mol. The summed E-state index contributed by atoms with van der Waals surface area (Å²) >= 11 is 1.40. The van der Waals surface area contributed by atoms with Crippen LogP contribution in [0.15, 0.2) is 56.8 Å². The number of H-pyrrole nitrogens is 1. The molecule has 5 aromatic rings. The van der Waals surface area contributed by atoms with Crippen LogP contribution in [0.5, 0.6) is 0 Å². The van der Waals surface area contributed by atoms with Crippen molar-refractivity contribution in [3.8, 4) is 5.69 Å². The quantitative estimate of drug-likeness (QED) is 0.457. The van der Waals surface area contributed by atoms with Gasteiger partial charge >= 0.3 is 0 Å². The topological polar surface area (TPSA) is 102 Å². The van der Waals surface area contributed by atoms with E-state index in [0.717, 1.165) is 16.6 Å². The van der Waals surface area contributed by atoms with E-state index in [1.807, 2.05) is 50.2 Å². The minimum atomic E-state index is -0.296. The lowest BCUT2D eigenvalue weighted by molar-refractivity contribution is 0.660. The Hall–Kier alpha value is -3.46. The van der Waals surface area contributed by atoms with Gasteiger partial charge in [-0.05, 0) is 48.0 Å². The van der Waals surface area contributed by atoms with E-state index in [2.05, 4.69) is 31.6 Å². The number of fused-ring (bicyclic) bond motifs is 3. The highest BCUT2D eigenvalue weighted by molar-refractivity contribution is 7.98. The smallest absolute Gasteiger partial charge is 0.294 e. The van der Waals surface area contributed by atoms with Gasteiger partial charge in [0, 0.05) is 5.39 Å². The van der Waals surface area contributed by atoms with Crippen LogP contribution in [0.25, 0.3) is 27.8 Å². The van der Waals surface area contributed by atoms with E-state index in [0.29, 0.717) is 27.8 Å². The van der Waals surface area contributed by atoms with Crippen LogP contribution >= 0.6 is 11.8 Å². The van der Waals surface area contributed by atoms with Crippen LogP contribution in [0, 0.1) is 13.8 Å². The molecule has 8 nitrogen and oxygen atoms in total. The van der Waals surface area contributed by atoms with Gasteiger partial charge in [-0.2, -0.15) is 4.68 Å². The Labute approximate surface area is 169 Å². The van der Waals surface area contributed by atoms with Crippen molar-refractivity contribution < 1.29 is 4.42 Å². The number of benzene rings is 2. The second kappa shape index (κ2) is 6.85. The van der Waals surface area contributed by atoms with Crippen molar-refractivity contribution in [1.29, 1.82) is 0 Å². The molecule has 0 fully saturated rings. The highest BCUT2D eigenvalue weighted by atomic mass is 32.2. The lowest BCUT2D eigenvalue weighted by Crippen LogP contribution is -2.10. The van der Waals surface area contributed by atoms with Crippen LogP contribution in [0.1, 0.15) is 17.0 Å². The van der Waals surface area contributed by atoms with Crippen molar-refractivity contribution in [2.75, 3.05) is 0 Å². The Bertz CT molecular complexity index is 1420. The maximum absolute atomic E-state index is 12.5. The van der Waals surface area contributed by atoms with E-state index in [4.69, 9.17) is 4.42 Å². The highest BCUT2D eigenvalue weighted by Crippen LogP contribution is 2.26. The van der Waals surface area contributed by atoms with Gasteiger partial charge in [-0.3, -0.25) is 4.79 Å². The van der Waals surface area contributed by atoms with E-state index in [-0.39, 0.29) is 11.1 Å². The number of furan rings is 1. The molecule has 0 unspecified atom stereocenters. The fourth-order valence-corrected chi connectivity index (χ4v) is 4.07. The van der Waals surface area contributed by atoms with Crippen molar-refractivity contribution in [3.63, 3.8) is 0 Å². The van der Waals surface area contributed by atoms with Crippen molar-refractivity contribution in [1.82, 2.24) is 30.2 Å². The number of hydrogen-bond donors (Lipinski definition) is 1. The first-order chi connectivity index (χ1) is 14.1. The SMILES string of the molecule is Cc1ccc(-n2nnnc2SCc2nc3c(oc4ccccc43)c(=O)[nH]2)c(C)c1. The number of nitrogens with one attached hydrogen (secondary N) is 1. The van der Waals surface area contributed by atoms with Gasteiger partial charge in [0.2, 0.25) is 10.7 Å². The molecule has 9 heteroatoms. The normalized spacial score (nSPS) is 11.5. The first-order valence-electron chi connectivity index (χ1n) is 8.99. The van der Waals surface area contributed by atoms with Gasteiger partial charge in [-0.1, -0.05) is 41.6 Å². The number of aryl methyl sites for hydroxylation is 2. The van der Waals surface area contributed by atoms with E-state index in [9.17, 15) is 4.79 Å². The van der Waals surface area contributed by atoms with Crippen molar-refractivity contribution in [3.05, 3.63) is 69.8 Å². The van der Waals surface area contributed by atoms with Crippen LogP contribution in [0.4, 0.5) is 0 Å². The summed E-state index contributed by atoms with van der Waals surface area (Å²) in [6.45, 7) is 4.07. The fourth-order valence-electron chi connectivity index (χ4n) is 3.31. The Morgan fingerprint density at radius 2 is 2.03 bits per heavy atom. The molecule has 0 amide bonds. The van der Waals surface area contributed by atoms with Crippen molar-refractivity contribution in [2.24, 2.45) is 0 Å². The van der Waals surface area contributed by atoms with Crippen LogP contribution in [-0.4, -0.2) is 30.2 Å². The summed E-state index contributed by atoms with van der Waals surface area (Å²) in [5, 5.41) is 13.5. The molecular weight excluding hydrogens is 388 g/mol. The van der Waals surface area contributed by atoms with E-state index >= 15 is 0 Å². The second-order valence-corrected chi connectivity index (χ2v) is 7.68. The standard InChI is InChI=1S/C20H16N6O2S/c1-11-7-8-14(12(2)9-11)26-20(23-24-25-26)29-10-16-21-17-13-5-3-4-6-15(13)28-18(17)19(27)22-16/h3-9H,10H2,1-2H3,(H,21,22,27). The zero-order valence-electron chi connectivity index (χ0n) is 15.7. The Kier molecular flexibility index (Phi) is 4.17. The molecule has 0 aliphatic carbocycles. The van der Waals surface area contributed by atoms with Crippen molar-refractivity contribution in [2.45, 2.75) is 24.8 Å². The lowest BCUT2D eigenvalue weighted by Gasteiger charge is -2.08. The summed E-state index contributed by atoms with van der Waals surface area (Å²) in [6.07, 6.45) is 0. The average molecular weight is 404 g/mol. The summed E-state index contributed by atoms with van der Waals surface area (Å²) in [5.74, 6) is 0.949. The van der Waals surface area contributed by atoms with Gasteiger partial charge < -0.3 is 9.40 Å². The molecule has 0 atom stereocenters. The molecule has 0 saturated heterocycles. The third kappa shape index (κ3) is 3.09. The second-order valence-electron chi connectivity index (χ2n) is 6.74.